The molecule has 2 heterocycles. The number of benzene rings is 1. The molecule has 1 atom stereocenters. The molecule has 1 aliphatic heterocycles. The Morgan fingerprint density at radius 1 is 1.36 bits per heavy atom. The van der Waals surface area contributed by atoms with E-state index in [0.29, 0.717) is 24.4 Å². The van der Waals surface area contributed by atoms with E-state index in [9.17, 15) is 14.3 Å². The molecule has 1 aliphatic rings. The summed E-state index contributed by atoms with van der Waals surface area (Å²) in [5, 5.41) is 13.3. The van der Waals surface area contributed by atoms with Gasteiger partial charge in [-0.2, -0.15) is 0 Å². The zero-order chi connectivity index (χ0) is 15.5. The second-order valence-electron chi connectivity index (χ2n) is 5.51. The minimum atomic E-state index is -0.794. The van der Waals surface area contributed by atoms with Crippen LogP contribution in [0.3, 0.4) is 0 Å². The van der Waals surface area contributed by atoms with Gasteiger partial charge in [0.15, 0.2) is 5.76 Å². The standard InChI is InChI=1S/C16H17FN2O3/c17-12-6-4-11(5-7-12)14-9-13(22-18-14)10-19-8-2-1-3-15(19)16(20)21/h4-7,9,15H,1-3,8,10H2,(H,20,21). The highest BCUT2D eigenvalue weighted by Gasteiger charge is 2.29. The van der Waals surface area contributed by atoms with Gasteiger partial charge in [-0.05, 0) is 43.7 Å². The Hall–Kier alpha value is -2.21. The first-order valence-electron chi connectivity index (χ1n) is 7.32. The highest BCUT2D eigenvalue weighted by Crippen LogP contribution is 2.23. The van der Waals surface area contributed by atoms with Crippen LogP contribution in [-0.2, 0) is 11.3 Å². The van der Waals surface area contributed by atoms with Crippen LogP contribution < -0.4 is 0 Å². The van der Waals surface area contributed by atoms with Crippen molar-refractivity contribution in [3.63, 3.8) is 0 Å². The molecule has 116 valence electrons. The number of carboxylic acids is 1. The second-order valence-corrected chi connectivity index (χ2v) is 5.51. The Balaban J connectivity index is 1.73. The van der Waals surface area contributed by atoms with Crippen LogP contribution >= 0.6 is 0 Å². The summed E-state index contributed by atoms with van der Waals surface area (Å²) in [5.74, 6) is -0.476. The number of piperidine rings is 1. The Morgan fingerprint density at radius 3 is 2.86 bits per heavy atom. The maximum atomic E-state index is 12.9. The van der Waals surface area contributed by atoms with Crippen molar-refractivity contribution in [2.45, 2.75) is 31.8 Å². The molecule has 0 bridgehead atoms. The average Bonchev–Trinajstić information content (AvgIpc) is 2.97. The smallest absolute Gasteiger partial charge is 0.320 e. The highest BCUT2D eigenvalue weighted by molar-refractivity contribution is 5.73. The van der Waals surface area contributed by atoms with Gasteiger partial charge in [-0.25, -0.2) is 4.39 Å². The van der Waals surface area contributed by atoms with Crippen molar-refractivity contribution in [1.29, 1.82) is 0 Å². The maximum absolute atomic E-state index is 12.9. The first-order valence-corrected chi connectivity index (χ1v) is 7.32. The molecule has 1 saturated heterocycles. The van der Waals surface area contributed by atoms with Crippen LogP contribution in [0.25, 0.3) is 11.3 Å². The van der Waals surface area contributed by atoms with Crippen LogP contribution in [0.2, 0.25) is 0 Å². The van der Waals surface area contributed by atoms with Gasteiger partial charge in [-0.3, -0.25) is 9.69 Å². The van der Waals surface area contributed by atoms with Gasteiger partial charge in [0.05, 0.1) is 6.54 Å². The molecule has 1 aromatic carbocycles. The number of rotatable bonds is 4. The van der Waals surface area contributed by atoms with Crippen LogP contribution in [0.5, 0.6) is 0 Å². The van der Waals surface area contributed by atoms with E-state index in [1.165, 1.54) is 12.1 Å². The van der Waals surface area contributed by atoms with E-state index in [-0.39, 0.29) is 5.82 Å². The molecule has 0 saturated carbocycles. The molecule has 6 heteroatoms. The number of aromatic nitrogens is 1. The van der Waals surface area contributed by atoms with Crippen LogP contribution in [0, 0.1) is 5.82 Å². The van der Waals surface area contributed by atoms with Gasteiger partial charge < -0.3 is 9.63 Å². The molecule has 1 fully saturated rings. The number of carbonyl (C=O) groups is 1. The van der Waals surface area contributed by atoms with Crippen molar-refractivity contribution in [3.8, 4) is 11.3 Å². The van der Waals surface area contributed by atoms with Crippen LogP contribution in [0.15, 0.2) is 34.9 Å². The van der Waals surface area contributed by atoms with Crippen molar-refractivity contribution in [2.75, 3.05) is 6.54 Å². The number of carboxylic acid groups (broad SMARTS) is 1. The fourth-order valence-electron chi connectivity index (χ4n) is 2.80. The Morgan fingerprint density at radius 2 is 2.14 bits per heavy atom. The lowest BCUT2D eigenvalue weighted by Crippen LogP contribution is -2.43. The number of likely N-dealkylation sites (tertiary alicyclic amines) is 1. The van der Waals surface area contributed by atoms with Gasteiger partial charge in [-0.15, -0.1) is 0 Å². The summed E-state index contributed by atoms with van der Waals surface area (Å²) in [5.41, 5.74) is 1.39. The highest BCUT2D eigenvalue weighted by atomic mass is 19.1. The SMILES string of the molecule is O=C(O)C1CCCCN1Cc1cc(-c2ccc(F)cc2)no1. The van der Waals surface area contributed by atoms with E-state index in [4.69, 9.17) is 4.52 Å². The van der Waals surface area contributed by atoms with Gasteiger partial charge >= 0.3 is 5.97 Å². The van der Waals surface area contributed by atoms with Crippen molar-refractivity contribution < 1.29 is 18.8 Å². The fraction of sp³-hybridized carbons (Fsp3) is 0.375. The van der Waals surface area contributed by atoms with Gasteiger partial charge in [0.2, 0.25) is 0 Å². The monoisotopic (exact) mass is 304 g/mol. The van der Waals surface area contributed by atoms with Crippen molar-refractivity contribution >= 4 is 5.97 Å². The van der Waals surface area contributed by atoms with E-state index in [1.807, 2.05) is 4.90 Å². The molecule has 22 heavy (non-hydrogen) atoms. The van der Waals surface area contributed by atoms with Gasteiger partial charge in [0, 0.05) is 11.6 Å². The van der Waals surface area contributed by atoms with E-state index in [1.54, 1.807) is 18.2 Å². The molecule has 0 spiro atoms. The molecule has 3 rings (SSSR count). The molecule has 1 aromatic heterocycles. The summed E-state index contributed by atoms with van der Waals surface area (Å²) in [6.45, 7) is 1.16. The summed E-state index contributed by atoms with van der Waals surface area (Å²) < 4.78 is 18.2. The third-order valence-corrected chi connectivity index (χ3v) is 3.96. The minimum Gasteiger partial charge on any atom is -0.480 e. The molecular weight excluding hydrogens is 287 g/mol. The normalized spacial score (nSPS) is 19.2. The number of nitrogens with zero attached hydrogens (tertiary/aromatic N) is 2. The van der Waals surface area contributed by atoms with Crippen molar-refractivity contribution in [2.24, 2.45) is 0 Å². The predicted octanol–water partition coefficient (Wildman–Crippen LogP) is 2.92. The zero-order valence-corrected chi connectivity index (χ0v) is 12.0. The zero-order valence-electron chi connectivity index (χ0n) is 12.0. The summed E-state index contributed by atoms with van der Waals surface area (Å²) in [6.07, 6.45) is 2.59. The molecule has 0 amide bonds. The summed E-state index contributed by atoms with van der Waals surface area (Å²) in [6, 6.07) is 7.33. The lowest BCUT2D eigenvalue weighted by Gasteiger charge is -2.31. The first kappa shape index (κ1) is 14.7. The quantitative estimate of drug-likeness (QED) is 0.940. The molecule has 0 radical (unpaired) electrons. The Kier molecular flexibility index (Phi) is 4.20. The lowest BCUT2D eigenvalue weighted by molar-refractivity contribution is -0.145. The minimum absolute atomic E-state index is 0.301. The Labute approximate surface area is 127 Å². The summed E-state index contributed by atoms with van der Waals surface area (Å²) in [4.78, 5) is 13.2. The van der Waals surface area contributed by atoms with Crippen molar-refractivity contribution in [1.82, 2.24) is 10.1 Å². The lowest BCUT2D eigenvalue weighted by atomic mass is 10.0. The molecule has 1 unspecified atom stereocenters. The topological polar surface area (TPSA) is 66.6 Å². The number of halogens is 1. The van der Waals surface area contributed by atoms with Crippen LogP contribution in [-0.4, -0.2) is 33.7 Å². The third-order valence-electron chi connectivity index (χ3n) is 3.96. The largest absolute Gasteiger partial charge is 0.480 e. The van der Waals surface area contributed by atoms with Crippen LogP contribution in [0.1, 0.15) is 25.0 Å². The number of aliphatic carboxylic acids is 1. The maximum Gasteiger partial charge on any atom is 0.320 e. The number of hydrogen-bond donors (Lipinski definition) is 1. The summed E-state index contributed by atoms with van der Waals surface area (Å²) in [7, 11) is 0. The molecule has 1 N–H and O–H groups in total. The number of hydrogen-bond acceptors (Lipinski definition) is 4. The first-order chi connectivity index (χ1) is 10.6. The molecular formula is C16H17FN2O3. The fourth-order valence-corrected chi connectivity index (χ4v) is 2.80. The van der Waals surface area contributed by atoms with E-state index >= 15 is 0 Å². The van der Waals surface area contributed by atoms with E-state index < -0.39 is 12.0 Å². The van der Waals surface area contributed by atoms with Gasteiger partial charge in [0.1, 0.15) is 17.6 Å². The predicted molar refractivity (Wildman–Crippen MR) is 77.6 cm³/mol. The average molecular weight is 304 g/mol. The van der Waals surface area contributed by atoms with Gasteiger partial charge in [0.25, 0.3) is 0 Å². The van der Waals surface area contributed by atoms with E-state index in [0.717, 1.165) is 24.9 Å². The van der Waals surface area contributed by atoms with Crippen molar-refractivity contribution in [3.05, 3.63) is 41.9 Å². The molecule has 2 aromatic rings. The summed E-state index contributed by atoms with van der Waals surface area (Å²) >= 11 is 0. The van der Waals surface area contributed by atoms with E-state index in [2.05, 4.69) is 5.16 Å². The Bertz CT molecular complexity index is 654. The van der Waals surface area contributed by atoms with Gasteiger partial charge in [-0.1, -0.05) is 11.6 Å². The van der Waals surface area contributed by atoms with Crippen LogP contribution in [0.4, 0.5) is 4.39 Å². The third kappa shape index (κ3) is 3.17. The second kappa shape index (κ2) is 6.27. The molecule has 0 aliphatic carbocycles. The molecule has 5 nitrogen and oxygen atoms in total.